The average Bonchev–Trinajstić information content (AvgIpc) is 3.16. The summed E-state index contributed by atoms with van der Waals surface area (Å²) in [5.74, 6) is -1.56. The Morgan fingerprint density at radius 3 is 2.55 bits per heavy atom. The molecule has 1 aromatic rings. The number of esters is 1. The van der Waals surface area contributed by atoms with Crippen molar-refractivity contribution in [2.24, 2.45) is 11.3 Å². The van der Waals surface area contributed by atoms with E-state index in [1.807, 2.05) is 50.5 Å². The van der Waals surface area contributed by atoms with E-state index >= 15 is 0 Å². The van der Waals surface area contributed by atoms with Crippen molar-refractivity contribution in [1.82, 2.24) is 4.98 Å². The number of aliphatic hydroxyl groups is 2. The largest absolute Gasteiger partial charge is 0.457 e. The summed E-state index contributed by atoms with van der Waals surface area (Å²) in [6.45, 7) is 10.5. The first-order chi connectivity index (χ1) is 15.4. The van der Waals surface area contributed by atoms with Crippen LogP contribution in [0.3, 0.4) is 0 Å². The van der Waals surface area contributed by atoms with Gasteiger partial charge < -0.3 is 14.9 Å². The number of aryl methyl sites for hydroxylation is 1. The number of hydrogen-bond donors (Lipinski definition) is 2. The highest BCUT2D eigenvalue weighted by Gasteiger charge is 2.41. The van der Waals surface area contributed by atoms with Crippen molar-refractivity contribution < 1.29 is 24.5 Å². The van der Waals surface area contributed by atoms with Gasteiger partial charge in [-0.2, -0.15) is 0 Å². The molecule has 0 aromatic carbocycles. The van der Waals surface area contributed by atoms with E-state index in [0.29, 0.717) is 6.42 Å². The molecule has 7 heteroatoms. The highest BCUT2D eigenvalue weighted by Crippen LogP contribution is 2.31. The molecule has 2 N–H and O–H groups in total. The second-order valence-corrected chi connectivity index (χ2v) is 10.5. The molecule has 1 aliphatic heterocycles. The van der Waals surface area contributed by atoms with Gasteiger partial charge in [0.2, 0.25) is 0 Å². The van der Waals surface area contributed by atoms with Crippen molar-refractivity contribution in [3.63, 3.8) is 0 Å². The molecule has 0 unspecified atom stereocenters. The number of carbonyl (C=O) groups excluding carboxylic acids is 2. The summed E-state index contributed by atoms with van der Waals surface area (Å²) < 4.78 is 5.74. The summed E-state index contributed by atoms with van der Waals surface area (Å²) in [7, 11) is 0. The molecular formula is C26H37NO5S. The Labute approximate surface area is 201 Å². The average molecular weight is 476 g/mol. The van der Waals surface area contributed by atoms with Crippen molar-refractivity contribution in [2.75, 3.05) is 0 Å². The summed E-state index contributed by atoms with van der Waals surface area (Å²) in [5, 5.41) is 24.3. The molecule has 2 heterocycles. The maximum atomic E-state index is 13.1. The number of thiazole rings is 1. The Balaban J connectivity index is 2.31. The Hall–Kier alpha value is -2.09. The molecule has 33 heavy (non-hydrogen) atoms. The predicted octanol–water partition coefficient (Wildman–Crippen LogP) is 4.80. The monoisotopic (exact) mass is 475 g/mol. The van der Waals surface area contributed by atoms with Crippen molar-refractivity contribution in [3.8, 4) is 0 Å². The van der Waals surface area contributed by atoms with Gasteiger partial charge in [-0.1, -0.05) is 39.0 Å². The van der Waals surface area contributed by atoms with Crippen LogP contribution in [0.5, 0.6) is 0 Å². The summed E-state index contributed by atoms with van der Waals surface area (Å²) in [6.07, 6.45) is 6.90. The summed E-state index contributed by atoms with van der Waals surface area (Å²) >= 11 is 1.56. The Morgan fingerprint density at radius 2 is 1.91 bits per heavy atom. The number of hydrogen-bond acceptors (Lipinski definition) is 7. The summed E-state index contributed by atoms with van der Waals surface area (Å²) in [5.41, 5.74) is 1.20. The van der Waals surface area contributed by atoms with Crippen LogP contribution in [-0.2, 0) is 14.3 Å². The minimum absolute atomic E-state index is 0.290. The summed E-state index contributed by atoms with van der Waals surface area (Å²) in [6, 6.07) is 0. The van der Waals surface area contributed by atoms with E-state index in [1.165, 1.54) is 0 Å². The van der Waals surface area contributed by atoms with Crippen molar-refractivity contribution in [1.29, 1.82) is 0 Å². The number of ketones is 1. The number of rotatable bonds is 2. The Bertz CT molecular complexity index is 927. The highest BCUT2D eigenvalue weighted by atomic mass is 32.1. The Kier molecular flexibility index (Phi) is 9.76. The first-order valence-electron chi connectivity index (χ1n) is 11.4. The lowest BCUT2D eigenvalue weighted by molar-refractivity contribution is -0.153. The fourth-order valence-corrected chi connectivity index (χ4v) is 4.44. The normalized spacial score (nSPS) is 29.9. The van der Waals surface area contributed by atoms with Gasteiger partial charge in [-0.05, 0) is 50.8 Å². The van der Waals surface area contributed by atoms with Crippen LogP contribution in [-0.4, -0.2) is 45.3 Å². The third kappa shape index (κ3) is 7.45. The quantitative estimate of drug-likeness (QED) is 0.471. The first kappa shape index (κ1) is 27.2. The maximum Gasteiger partial charge on any atom is 0.309 e. The molecule has 182 valence electrons. The molecular weight excluding hydrogens is 438 g/mol. The van der Waals surface area contributed by atoms with Gasteiger partial charge in [-0.25, -0.2) is 4.98 Å². The molecule has 0 amide bonds. The number of aliphatic hydroxyl groups excluding tert-OH is 2. The molecule has 0 saturated heterocycles. The van der Waals surface area contributed by atoms with Crippen LogP contribution in [0.2, 0.25) is 0 Å². The molecule has 1 aliphatic rings. The molecule has 0 bridgehead atoms. The first-order valence-corrected chi connectivity index (χ1v) is 12.3. The zero-order valence-electron chi connectivity index (χ0n) is 20.5. The Morgan fingerprint density at radius 1 is 1.21 bits per heavy atom. The fraction of sp³-hybridized carbons (Fsp3) is 0.577. The third-order valence-electron chi connectivity index (χ3n) is 6.29. The van der Waals surface area contributed by atoms with Gasteiger partial charge in [0.1, 0.15) is 11.9 Å². The highest BCUT2D eigenvalue weighted by molar-refractivity contribution is 7.09. The van der Waals surface area contributed by atoms with Crippen LogP contribution >= 0.6 is 11.3 Å². The zero-order valence-corrected chi connectivity index (χ0v) is 21.3. The molecule has 0 aliphatic carbocycles. The lowest BCUT2D eigenvalue weighted by atomic mass is 9.74. The van der Waals surface area contributed by atoms with Crippen LogP contribution in [0.4, 0.5) is 0 Å². The van der Waals surface area contributed by atoms with E-state index in [2.05, 4.69) is 4.98 Å². The fourth-order valence-electron chi connectivity index (χ4n) is 3.87. The molecule has 2 rings (SSSR count). The molecule has 0 spiro atoms. The number of carbonyl (C=O) groups is 2. The number of ether oxygens (including phenoxy) is 1. The third-order valence-corrected chi connectivity index (χ3v) is 7.08. The second kappa shape index (κ2) is 11.9. The van der Waals surface area contributed by atoms with Gasteiger partial charge in [0, 0.05) is 17.7 Å². The maximum absolute atomic E-state index is 13.1. The van der Waals surface area contributed by atoms with Gasteiger partial charge >= 0.3 is 5.97 Å². The van der Waals surface area contributed by atoms with E-state index in [1.54, 1.807) is 32.1 Å². The van der Waals surface area contributed by atoms with Crippen LogP contribution < -0.4 is 0 Å². The van der Waals surface area contributed by atoms with Gasteiger partial charge in [-0.3, -0.25) is 9.59 Å². The van der Waals surface area contributed by atoms with Crippen molar-refractivity contribution in [3.05, 3.63) is 45.5 Å². The van der Waals surface area contributed by atoms with Gasteiger partial charge in [-0.15, -0.1) is 11.3 Å². The predicted molar refractivity (Wildman–Crippen MR) is 132 cm³/mol. The number of aromatic nitrogens is 1. The molecule has 1 aromatic heterocycles. The van der Waals surface area contributed by atoms with E-state index in [-0.39, 0.29) is 12.2 Å². The number of nitrogens with zero attached hydrogens (tertiary/aromatic N) is 1. The summed E-state index contributed by atoms with van der Waals surface area (Å²) in [4.78, 5) is 30.3. The topological polar surface area (TPSA) is 96.7 Å². The van der Waals surface area contributed by atoms with Crippen LogP contribution in [0.25, 0.3) is 6.08 Å². The van der Waals surface area contributed by atoms with E-state index in [9.17, 15) is 19.8 Å². The molecule has 4 atom stereocenters. The van der Waals surface area contributed by atoms with Gasteiger partial charge in [0.15, 0.2) is 0 Å². The molecule has 6 nitrogen and oxygen atoms in total. The SMILES string of the molecule is C/C1=C/CCC=CC[C@@H](/C(C)=C/c2csc(C)n2)OC(=O)C[C@H](O)C(C)(C)C(=O)[C@H](C)[C@H]1O. The van der Waals surface area contributed by atoms with Gasteiger partial charge in [0.25, 0.3) is 0 Å². The van der Waals surface area contributed by atoms with Gasteiger partial charge in [0.05, 0.1) is 34.7 Å². The number of allylic oxidation sites excluding steroid dienone is 2. The lowest BCUT2D eigenvalue weighted by Gasteiger charge is -2.33. The number of Topliss-reactive ketones (excluding diaryl/α,β-unsaturated/α-hetero) is 1. The smallest absolute Gasteiger partial charge is 0.309 e. The van der Waals surface area contributed by atoms with E-state index in [0.717, 1.165) is 34.7 Å². The zero-order chi connectivity index (χ0) is 24.8. The van der Waals surface area contributed by atoms with E-state index in [4.69, 9.17) is 4.74 Å². The van der Waals surface area contributed by atoms with Crippen LogP contribution in [0, 0.1) is 18.3 Å². The van der Waals surface area contributed by atoms with Crippen molar-refractivity contribution >= 4 is 29.2 Å². The molecule has 0 radical (unpaired) electrons. The minimum Gasteiger partial charge on any atom is -0.457 e. The van der Waals surface area contributed by atoms with Crippen molar-refractivity contribution in [2.45, 2.75) is 85.5 Å². The number of cyclic esters (lactones) is 1. The van der Waals surface area contributed by atoms with Crippen LogP contribution in [0.1, 0.15) is 71.0 Å². The van der Waals surface area contributed by atoms with E-state index < -0.39 is 35.6 Å². The lowest BCUT2D eigenvalue weighted by Crippen LogP contribution is -2.44. The standard InChI is InChI=1S/C26H37NO5S/c1-16-11-9-7-8-10-12-21(17(2)13-20-15-33-19(4)27-20)32-23(29)14-22(28)26(5,6)25(31)18(3)24(16)30/h8,10-11,13,15,18,21-22,24,28,30H,7,9,12,14H2,1-6H3/b10-8?,16-11-,17-13+/t18-,21+,22+,24+/m1/s1. The second-order valence-electron chi connectivity index (χ2n) is 9.43. The molecule has 0 fully saturated rings. The molecule has 0 saturated carbocycles. The van der Waals surface area contributed by atoms with Crippen LogP contribution in [0.15, 0.2) is 34.8 Å². The minimum atomic E-state index is -1.23.